The van der Waals surface area contributed by atoms with E-state index in [1.807, 2.05) is 24.3 Å². The van der Waals surface area contributed by atoms with Crippen LogP contribution in [0.15, 0.2) is 52.4 Å². The SMILES string of the molecule is CCc1ccc(N=C2NC(=O)/C(=C/c3ccc(OC(C)=O)c(OC)c3)S2)cc1. The van der Waals surface area contributed by atoms with Crippen molar-refractivity contribution < 1.29 is 19.1 Å². The zero-order valence-corrected chi connectivity index (χ0v) is 16.6. The summed E-state index contributed by atoms with van der Waals surface area (Å²) in [6.07, 6.45) is 2.71. The molecule has 0 aliphatic carbocycles. The lowest BCUT2D eigenvalue weighted by Crippen LogP contribution is -2.19. The summed E-state index contributed by atoms with van der Waals surface area (Å²) in [5.41, 5.74) is 2.77. The molecule has 1 N–H and O–H groups in total. The maximum Gasteiger partial charge on any atom is 0.308 e. The highest BCUT2D eigenvalue weighted by molar-refractivity contribution is 8.18. The molecule has 0 spiro atoms. The van der Waals surface area contributed by atoms with Crippen LogP contribution in [0.3, 0.4) is 0 Å². The number of carbonyl (C=O) groups is 2. The molecule has 144 valence electrons. The van der Waals surface area contributed by atoms with Crippen LogP contribution in [0.5, 0.6) is 11.5 Å². The van der Waals surface area contributed by atoms with E-state index in [0.717, 1.165) is 17.7 Å². The summed E-state index contributed by atoms with van der Waals surface area (Å²) >= 11 is 1.27. The van der Waals surface area contributed by atoms with Gasteiger partial charge >= 0.3 is 5.97 Å². The second-order valence-electron chi connectivity index (χ2n) is 6.01. The van der Waals surface area contributed by atoms with E-state index in [1.54, 1.807) is 24.3 Å². The van der Waals surface area contributed by atoms with Crippen molar-refractivity contribution in [2.45, 2.75) is 20.3 Å². The standard InChI is InChI=1S/C21H20N2O4S/c1-4-14-5-8-16(9-6-14)22-21-23-20(25)19(28-21)12-15-7-10-17(27-13(2)24)18(11-15)26-3/h5-12H,4H2,1-3H3,(H,22,23,25)/b19-12-. The summed E-state index contributed by atoms with van der Waals surface area (Å²) in [7, 11) is 1.49. The van der Waals surface area contributed by atoms with E-state index in [4.69, 9.17) is 9.47 Å². The first-order valence-corrected chi connectivity index (χ1v) is 9.55. The number of aliphatic imine (C=N–C) groups is 1. The number of esters is 1. The number of nitrogens with zero attached hydrogens (tertiary/aromatic N) is 1. The molecule has 1 aliphatic rings. The van der Waals surface area contributed by atoms with E-state index in [9.17, 15) is 9.59 Å². The average molecular weight is 396 g/mol. The van der Waals surface area contributed by atoms with Gasteiger partial charge in [0, 0.05) is 6.92 Å². The van der Waals surface area contributed by atoms with E-state index >= 15 is 0 Å². The second kappa shape index (κ2) is 8.75. The molecular weight excluding hydrogens is 376 g/mol. The van der Waals surface area contributed by atoms with Gasteiger partial charge in [-0.1, -0.05) is 25.1 Å². The van der Waals surface area contributed by atoms with E-state index in [2.05, 4.69) is 17.2 Å². The van der Waals surface area contributed by atoms with Crippen molar-refractivity contribution in [2.75, 3.05) is 7.11 Å². The number of aryl methyl sites for hydroxylation is 1. The maximum absolute atomic E-state index is 12.3. The number of hydrogen-bond donors (Lipinski definition) is 1. The molecule has 0 saturated carbocycles. The Morgan fingerprint density at radius 2 is 1.93 bits per heavy atom. The smallest absolute Gasteiger partial charge is 0.308 e. The molecule has 0 bridgehead atoms. The van der Waals surface area contributed by atoms with Crippen molar-refractivity contribution in [1.29, 1.82) is 0 Å². The van der Waals surface area contributed by atoms with Crippen molar-refractivity contribution >= 4 is 40.6 Å². The van der Waals surface area contributed by atoms with Gasteiger partial charge in [0.1, 0.15) is 0 Å². The first-order valence-electron chi connectivity index (χ1n) is 8.73. The fourth-order valence-corrected chi connectivity index (χ4v) is 3.41. The molecule has 1 amide bonds. The monoisotopic (exact) mass is 396 g/mol. The molecule has 3 rings (SSSR count). The molecular formula is C21H20N2O4S. The predicted octanol–water partition coefficient (Wildman–Crippen LogP) is 4.07. The van der Waals surface area contributed by atoms with Gasteiger partial charge in [-0.25, -0.2) is 4.99 Å². The lowest BCUT2D eigenvalue weighted by Gasteiger charge is -2.08. The van der Waals surface area contributed by atoms with Crippen molar-refractivity contribution in [1.82, 2.24) is 5.32 Å². The van der Waals surface area contributed by atoms with Crippen LogP contribution in [0.1, 0.15) is 25.0 Å². The highest BCUT2D eigenvalue weighted by atomic mass is 32.2. The molecule has 1 aliphatic heterocycles. The first kappa shape index (κ1) is 19.7. The summed E-state index contributed by atoms with van der Waals surface area (Å²) < 4.78 is 10.4. The molecule has 1 fully saturated rings. The number of nitrogens with one attached hydrogen (secondary N) is 1. The minimum Gasteiger partial charge on any atom is -0.493 e. The van der Waals surface area contributed by atoms with Gasteiger partial charge in [0.2, 0.25) is 0 Å². The molecule has 2 aromatic rings. The van der Waals surface area contributed by atoms with Gasteiger partial charge in [-0.3, -0.25) is 9.59 Å². The minimum absolute atomic E-state index is 0.211. The van der Waals surface area contributed by atoms with Crippen molar-refractivity contribution in [2.24, 2.45) is 4.99 Å². The normalized spacial score (nSPS) is 16.3. The van der Waals surface area contributed by atoms with Gasteiger partial charge < -0.3 is 14.8 Å². The third-order valence-electron chi connectivity index (χ3n) is 3.97. The van der Waals surface area contributed by atoms with Gasteiger partial charge in [0.25, 0.3) is 5.91 Å². The Hall–Kier alpha value is -3.06. The maximum atomic E-state index is 12.3. The minimum atomic E-state index is -0.428. The number of thioether (sulfide) groups is 1. The largest absolute Gasteiger partial charge is 0.493 e. The summed E-state index contributed by atoms with van der Waals surface area (Å²) in [5, 5.41) is 3.30. The summed E-state index contributed by atoms with van der Waals surface area (Å²) in [4.78, 5) is 28.4. The number of methoxy groups -OCH3 is 1. The van der Waals surface area contributed by atoms with Crippen LogP contribution in [0.2, 0.25) is 0 Å². The Kier molecular flexibility index (Phi) is 6.16. The molecule has 0 radical (unpaired) electrons. The van der Waals surface area contributed by atoms with Crippen LogP contribution < -0.4 is 14.8 Å². The quantitative estimate of drug-likeness (QED) is 0.468. The molecule has 6 nitrogen and oxygen atoms in total. The van der Waals surface area contributed by atoms with Crippen LogP contribution in [0.4, 0.5) is 5.69 Å². The number of rotatable bonds is 5. The Labute approximate surface area is 167 Å². The Balaban J connectivity index is 1.80. The zero-order valence-electron chi connectivity index (χ0n) is 15.8. The molecule has 28 heavy (non-hydrogen) atoms. The third-order valence-corrected chi connectivity index (χ3v) is 4.88. The Morgan fingerprint density at radius 1 is 1.18 bits per heavy atom. The fraction of sp³-hybridized carbons (Fsp3) is 0.190. The number of benzene rings is 2. The molecule has 7 heteroatoms. The topological polar surface area (TPSA) is 77.0 Å². The number of hydrogen-bond acceptors (Lipinski definition) is 6. The second-order valence-corrected chi connectivity index (χ2v) is 7.04. The summed E-state index contributed by atoms with van der Waals surface area (Å²) in [6, 6.07) is 13.0. The molecule has 0 aromatic heterocycles. The highest BCUT2D eigenvalue weighted by Crippen LogP contribution is 2.32. The Morgan fingerprint density at radius 3 is 2.57 bits per heavy atom. The third kappa shape index (κ3) is 4.80. The van der Waals surface area contributed by atoms with Crippen LogP contribution in [0.25, 0.3) is 6.08 Å². The number of amides is 1. The summed E-state index contributed by atoms with van der Waals surface area (Å²) in [6.45, 7) is 3.42. The van der Waals surface area contributed by atoms with Crippen molar-refractivity contribution in [3.05, 3.63) is 58.5 Å². The van der Waals surface area contributed by atoms with Crippen LogP contribution in [-0.2, 0) is 16.0 Å². The molecule has 0 unspecified atom stereocenters. The lowest BCUT2D eigenvalue weighted by atomic mass is 10.2. The van der Waals surface area contributed by atoms with Gasteiger partial charge in [-0.05, 0) is 59.7 Å². The molecule has 1 saturated heterocycles. The van der Waals surface area contributed by atoms with Gasteiger partial charge in [0.05, 0.1) is 17.7 Å². The van der Waals surface area contributed by atoms with Crippen LogP contribution >= 0.6 is 11.8 Å². The van der Waals surface area contributed by atoms with Crippen LogP contribution in [-0.4, -0.2) is 24.2 Å². The van der Waals surface area contributed by atoms with E-state index in [0.29, 0.717) is 21.6 Å². The van der Waals surface area contributed by atoms with Gasteiger partial charge in [0.15, 0.2) is 16.7 Å². The molecule has 0 atom stereocenters. The predicted molar refractivity (Wildman–Crippen MR) is 111 cm³/mol. The molecule has 2 aromatic carbocycles. The number of carbonyl (C=O) groups excluding carboxylic acids is 2. The fourth-order valence-electron chi connectivity index (χ4n) is 2.57. The first-order chi connectivity index (χ1) is 13.5. The number of ether oxygens (including phenoxy) is 2. The number of amidine groups is 1. The molecule has 1 heterocycles. The van der Waals surface area contributed by atoms with Crippen molar-refractivity contribution in [3.63, 3.8) is 0 Å². The van der Waals surface area contributed by atoms with Crippen LogP contribution in [0, 0.1) is 0 Å². The summed E-state index contributed by atoms with van der Waals surface area (Å²) in [5.74, 6) is 0.108. The van der Waals surface area contributed by atoms with Gasteiger partial charge in [-0.2, -0.15) is 0 Å². The van der Waals surface area contributed by atoms with E-state index in [1.165, 1.54) is 31.4 Å². The average Bonchev–Trinajstić information content (AvgIpc) is 3.02. The Bertz CT molecular complexity index is 965. The highest BCUT2D eigenvalue weighted by Gasteiger charge is 2.24. The van der Waals surface area contributed by atoms with Crippen molar-refractivity contribution in [3.8, 4) is 11.5 Å². The van der Waals surface area contributed by atoms with E-state index in [-0.39, 0.29) is 5.91 Å². The van der Waals surface area contributed by atoms with Gasteiger partial charge in [-0.15, -0.1) is 0 Å². The lowest BCUT2D eigenvalue weighted by molar-refractivity contribution is -0.132. The zero-order chi connectivity index (χ0) is 20.1. The van der Waals surface area contributed by atoms with E-state index < -0.39 is 5.97 Å².